The third kappa shape index (κ3) is 1.94. The maximum Gasteiger partial charge on any atom is 0.0206 e. The molecule has 15 heavy (non-hydrogen) atoms. The zero-order valence-electron chi connectivity index (χ0n) is 10.6. The quantitative estimate of drug-likeness (QED) is 0.768. The minimum Gasteiger partial charge on any atom is -0.317 e. The molecule has 2 aliphatic rings. The number of hydrogen-bond donors (Lipinski definition) is 1. The van der Waals surface area contributed by atoms with Crippen LogP contribution in [0.3, 0.4) is 0 Å². The van der Waals surface area contributed by atoms with Crippen LogP contribution in [0.5, 0.6) is 0 Å². The molecule has 2 nitrogen and oxygen atoms in total. The standard InChI is InChI=1S/C13H26N2/c1-4-13(5-2)10-15(11-13)12(3)6-8-14-9-7-12/h14H,4-11H2,1-3H3. The maximum absolute atomic E-state index is 3.47. The van der Waals surface area contributed by atoms with Crippen LogP contribution in [0.1, 0.15) is 46.5 Å². The predicted molar refractivity (Wildman–Crippen MR) is 65.1 cm³/mol. The summed E-state index contributed by atoms with van der Waals surface area (Å²) < 4.78 is 0. The van der Waals surface area contributed by atoms with Gasteiger partial charge in [0.05, 0.1) is 0 Å². The summed E-state index contributed by atoms with van der Waals surface area (Å²) >= 11 is 0. The second-order valence-corrected chi connectivity index (χ2v) is 5.81. The molecule has 0 bridgehead atoms. The van der Waals surface area contributed by atoms with E-state index >= 15 is 0 Å². The Balaban J connectivity index is 1.92. The lowest BCUT2D eigenvalue weighted by Crippen LogP contribution is -2.66. The van der Waals surface area contributed by atoms with Gasteiger partial charge in [0, 0.05) is 18.6 Å². The minimum atomic E-state index is 0.499. The molecule has 0 aromatic heterocycles. The third-order valence-electron chi connectivity index (χ3n) is 5.00. The molecule has 0 aliphatic carbocycles. The minimum absolute atomic E-state index is 0.499. The summed E-state index contributed by atoms with van der Waals surface area (Å²) in [7, 11) is 0. The van der Waals surface area contributed by atoms with Gasteiger partial charge in [0.1, 0.15) is 0 Å². The largest absolute Gasteiger partial charge is 0.317 e. The Labute approximate surface area is 94.4 Å². The van der Waals surface area contributed by atoms with Crippen molar-refractivity contribution in [2.75, 3.05) is 26.2 Å². The molecule has 0 atom stereocenters. The summed E-state index contributed by atoms with van der Waals surface area (Å²) in [4.78, 5) is 2.74. The molecule has 0 spiro atoms. The number of nitrogens with one attached hydrogen (secondary N) is 1. The molecule has 2 saturated heterocycles. The molecule has 88 valence electrons. The summed E-state index contributed by atoms with van der Waals surface area (Å²) in [5, 5.41) is 3.47. The molecular weight excluding hydrogens is 184 g/mol. The number of likely N-dealkylation sites (tertiary alicyclic amines) is 1. The fraction of sp³-hybridized carbons (Fsp3) is 1.00. The molecule has 0 saturated carbocycles. The smallest absolute Gasteiger partial charge is 0.0206 e. The van der Waals surface area contributed by atoms with Crippen molar-refractivity contribution in [2.24, 2.45) is 5.41 Å². The second kappa shape index (κ2) is 4.06. The van der Waals surface area contributed by atoms with E-state index in [-0.39, 0.29) is 0 Å². The second-order valence-electron chi connectivity index (χ2n) is 5.81. The van der Waals surface area contributed by atoms with Crippen molar-refractivity contribution < 1.29 is 0 Å². The van der Waals surface area contributed by atoms with Crippen LogP contribution in [0.4, 0.5) is 0 Å². The van der Waals surface area contributed by atoms with E-state index in [2.05, 4.69) is 31.0 Å². The Kier molecular flexibility index (Phi) is 3.09. The van der Waals surface area contributed by atoms with Crippen molar-refractivity contribution in [1.82, 2.24) is 10.2 Å². The number of piperidine rings is 1. The first kappa shape index (κ1) is 11.4. The predicted octanol–water partition coefficient (Wildman–Crippen LogP) is 2.25. The molecule has 0 amide bonds. The Morgan fingerprint density at radius 3 is 2.07 bits per heavy atom. The van der Waals surface area contributed by atoms with Gasteiger partial charge < -0.3 is 5.32 Å². The molecule has 2 rings (SSSR count). The molecular formula is C13H26N2. The van der Waals surface area contributed by atoms with Crippen LogP contribution >= 0.6 is 0 Å². The summed E-state index contributed by atoms with van der Waals surface area (Å²) in [5.41, 5.74) is 1.16. The average Bonchev–Trinajstić information content (AvgIpc) is 2.18. The SMILES string of the molecule is CCC1(CC)CN(C2(C)CCNCC2)C1. The van der Waals surface area contributed by atoms with Crippen molar-refractivity contribution >= 4 is 0 Å². The zero-order chi connectivity index (χ0) is 10.9. The van der Waals surface area contributed by atoms with Gasteiger partial charge in [-0.3, -0.25) is 4.90 Å². The lowest BCUT2D eigenvalue weighted by Gasteiger charge is -2.58. The maximum atomic E-state index is 3.47. The van der Waals surface area contributed by atoms with Gasteiger partial charge in [-0.2, -0.15) is 0 Å². The van der Waals surface area contributed by atoms with Crippen molar-refractivity contribution in [2.45, 2.75) is 52.0 Å². The summed E-state index contributed by atoms with van der Waals surface area (Å²) in [6, 6.07) is 0. The molecule has 2 fully saturated rings. The van der Waals surface area contributed by atoms with E-state index in [0.29, 0.717) is 11.0 Å². The summed E-state index contributed by atoms with van der Waals surface area (Å²) in [6.07, 6.45) is 5.37. The van der Waals surface area contributed by atoms with Crippen LogP contribution < -0.4 is 5.32 Å². The average molecular weight is 210 g/mol. The Bertz CT molecular complexity index is 207. The topological polar surface area (TPSA) is 15.3 Å². The Morgan fingerprint density at radius 1 is 1.07 bits per heavy atom. The monoisotopic (exact) mass is 210 g/mol. The molecule has 0 aromatic rings. The van der Waals surface area contributed by atoms with Gasteiger partial charge in [-0.15, -0.1) is 0 Å². The normalized spacial score (nSPS) is 29.8. The highest BCUT2D eigenvalue weighted by Crippen LogP contribution is 2.43. The van der Waals surface area contributed by atoms with Crippen LogP contribution in [0.2, 0.25) is 0 Å². The van der Waals surface area contributed by atoms with E-state index in [9.17, 15) is 0 Å². The van der Waals surface area contributed by atoms with Gasteiger partial charge in [0.2, 0.25) is 0 Å². The fourth-order valence-corrected chi connectivity index (χ4v) is 3.12. The lowest BCUT2D eigenvalue weighted by atomic mass is 9.71. The third-order valence-corrected chi connectivity index (χ3v) is 5.00. The highest BCUT2D eigenvalue weighted by molar-refractivity contribution is 5.02. The van der Waals surface area contributed by atoms with Crippen LogP contribution in [0.15, 0.2) is 0 Å². The van der Waals surface area contributed by atoms with Crippen molar-refractivity contribution in [3.63, 3.8) is 0 Å². The molecule has 0 aromatic carbocycles. The molecule has 0 radical (unpaired) electrons. The number of rotatable bonds is 3. The van der Waals surface area contributed by atoms with Crippen LogP contribution in [-0.2, 0) is 0 Å². The first-order valence-electron chi connectivity index (χ1n) is 6.60. The lowest BCUT2D eigenvalue weighted by molar-refractivity contribution is -0.0869. The summed E-state index contributed by atoms with van der Waals surface area (Å²) in [6.45, 7) is 12.3. The Hall–Kier alpha value is -0.0800. The van der Waals surface area contributed by atoms with E-state index < -0.39 is 0 Å². The highest BCUT2D eigenvalue weighted by atomic mass is 15.3. The zero-order valence-corrected chi connectivity index (χ0v) is 10.6. The first-order valence-corrected chi connectivity index (χ1v) is 6.60. The van der Waals surface area contributed by atoms with Gasteiger partial charge >= 0.3 is 0 Å². The van der Waals surface area contributed by atoms with E-state index in [1.54, 1.807) is 0 Å². The van der Waals surface area contributed by atoms with Crippen LogP contribution in [0, 0.1) is 5.41 Å². The van der Waals surface area contributed by atoms with Crippen LogP contribution in [-0.4, -0.2) is 36.6 Å². The molecule has 2 aliphatic heterocycles. The Morgan fingerprint density at radius 2 is 1.60 bits per heavy atom. The molecule has 2 heteroatoms. The summed E-state index contributed by atoms with van der Waals surface area (Å²) in [5.74, 6) is 0. The number of hydrogen-bond acceptors (Lipinski definition) is 2. The fourth-order valence-electron chi connectivity index (χ4n) is 3.12. The van der Waals surface area contributed by atoms with Crippen molar-refractivity contribution in [3.05, 3.63) is 0 Å². The van der Waals surface area contributed by atoms with Gasteiger partial charge in [0.25, 0.3) is 0 Å². The van der Waals surface area contributed by atoms with E-state index in [1.165, 1.54) is 51.9 Å². The first-order chi connectivity index (χ1) is 7.14. The van der Waals surface area contributed by atoms with E-state index in [0.717, 1.165) is 0 Å². The molecule has 1 N–H and O–H groups in total. The molecule has 2 heterocycles. The van der Waals surface area contributed by atoms with E-state index in [4.69, 9.17) is 0 Å². The van der Waals surface area contributed by atoms with Crippen LogP contribution in [0.25, 0.3) is 0 Å². The van der Waals surface area contributed by atoms with E-state index in [1.807, 2.05) is 0 Å². The van der Waals surface area contributed by atoms with Gasteiger partial charge in [-0.05, 0) is 51.1 Å². The van der Waals surface area contributed by atoms with Crippen molar-refractivity contribution in [1.29, 1.82) is 0 Å². The van der Waals surface area contributed by atoms with Gasteiger partial charge in [-0.25, -0.2) is 0 Å². The van der Waals surface area contributed by atoms with Gasteiger partial charge in [-0.1, -0.05) is 13.8 Å². The van der Waals surface area contributed by atoms with Gasteiger partial charge in [0.15, 0.2) is 0 Å². The van der Waals surface area contributed by atoms with Crippen molar-refractivity contribution in [3.8, 4) is 0 Å². The molecule has 0 unspecified atom stereocenters. The highest BCUT2D eigenvalue weighted by Gasteiger charge is 2.47. The number of nitrogens with zero attached hydrogens (tertiary/aromatic N) is 1.